The van der Waals surface area contributed by atoms with Gasteiger partial charge in [0, 0.05) is 25.5 Å². The lowest BCUT2D eigenvalue weighted by Crippen LogP contribution is -2.35. The predicted octanol–water partition coefficient (Wildman–Crippen LogP) is 2.31. The minimum Gasteiger partial charge on any atom is -0.337 e. The molecule has 0 aliphatic carbocycles. The van der Waals surface area contributed by atoms with Gasteiger partial charge in [0.15, 0.2) is 5.82 Å². The molecule has 3 rings (SSSR count). The number of hydrogen-bond acceptors (Lipinski definition) is 5. The Morgan fingerprint density at radius 3 is 2.93 bits per heavy atom. The van der Waals surface area contributed by atoms with E-state index in [0.717, 1.165) is 43.7 Å². The summed E-state index contributed by atoms with van der Waals surface area (Å²) in [5, 5.41) is 6.28. The number of nitrogens with one attached hydrogen (secondary N) is 2. The maximum atomic E-state index is 12.1. The Morgan fingerprint density at radius 1 is 1.28 bits per heavy atom. The summed E-state index contributed by atoms with van der Waals surface area (Å²) in [5.74, 6) is 0.301. The highest BCUT2D eigenvalue weighted by molar-refractivity contribution is 5.93. The number of carbonyl (C=O) groups excluding carboxylic acids is 1. The molecule has 3 aromatic rings. The monoisotopic (exact) mass is 395 g/mol. The van der Waals surface area contributed by atoms with Crippen LogP contribution in [0.1, 0.15) is 31.7 Å². The largest absolute Gasteiger partial charge is 0.337 e. The fourth-order valence-electron chi connectivity index (χ4n) is 3.12. The van der Waals surface area contributed by atoms with Gasteiger partial charge in [-0.3, -0.25) is 4.79 Å². The number of aryl methyl sites for hydroxylation is 1. The number of carbonyl (C=O) groups is 1. The summed E-state index contributed by atoms with van der Waals surface area (Å²) in [6, 6.07) is 7.64. The number of amides is 1. The Kier molecular flexibility index (Phi) is 7.54. The van der Waals surface area contributed by atoms with E-state index in [-0.39, 0.29) is 5.91 Å². The molecule has 2 heterocycles. The highest BCUT2D eigenvalue weighted by Crippen LogP contribution is 2.17. The molecule has 0 bridgehead atoms. The third-order valence-corrected chi connectivity index (χ3v) is 4.68. The number of aromatic nitrogens is 4. The minimum absolute atomic E-state index is 0.204. The van der Waals surface area contributed by atoms with Gasteiger partial charge in [-0.1, -0.05) is 31.5 Å². The second-order valence-electron chi connectivity index (χ2n) is 7.01. The minimum atomic E-state index is -0.510. The van der Waals surface area contributed by atoms with Crippen LogP contribution in [0.4, 0.5) is 5.82 Å². The lowest BCUT2D eigenvalue weighted by molar-refractivity contribution is -0.117. The Morgan fingerprint density at radius 2 is 2.14 bits per heavy atom. The van der Waals surface area contributed by atoms with Gasteiger partial charge in [0.2, 0.25) is 5.91 Å². The van der Waals surface area contributed by atoms with Crippen molar-refractivity contribution in [1.29, 1.82) is 0 Å². The zero-order valence-electron chi connectivity index (χ0n) is 16.8. The Labute approximate surface area is 171 Å². The molecular weight excluding hydrogens is 366 g/mol. The van der Waals surface area contributed by atoms with Gasteiger partial charge in [-0.2, -0.15) is 0 Å². The first-order chi connectivity index (χ1) is 14.2. The van der Waals surface area contributed by atoms with Gasteiger partial charge in [0.1, 0.15) is 6.33 Å². The first-order valence-corrected chi connectivity index (χ1v) is 10.0. The normalized spacial score (nSPS) is 12.1. The number of nitrogens with two attached hydrogens (primary N) is 1. The summed E-state index contributed by atoms with van der Waals surface area (Å²) in [5.41, 5.74) is 8.06. The van der Waals surface area contributed by atoms with Gasteiger partial charge in [0.05, 0.1) is 24.3 Å². The van der Waals surface area contributed by atoms with E-state index in [1.807, 2.05) is 48.4 Å². The molecule has 0 saturated carbocycles. The molecule has 8 heteroatoms. The Bertz CT molecular complexity index is 888. The van der Waals surface area contributed by atoms with Crippen molar-refractivity contribution in [2.75, 3.05) is 11.9 Å². The molecule has 1 aromatic carbocycles. The number of para-hydroxylation sites is 1. The van der Waals surface area contributed by atoms with Crippen LogP contribution in [0.5, 0.6) is 0 Å². The number of nitrogens with zero attached hydrogens (tertiary/aromatic N) is 4. The van der Waals surface area contributed by atoms with Crippen LogP contribution < -0.4 is 16.4 Å². The zero-order chi connectivity index (χ0) is 20.5. The van der Waals surface area contributed by atoms with E-state index in [1.165, 1.54) is 0 Å². The second kappa shape index (κ2) is 10.5. The van der Waals surface area contributed by atoms with Gasteiger partial charge in [-0.25, -0.2) is 9.97 Å². The van der Waals surface area contributed by atoms with Gasteiger partial charge < -0.3 is 25.5 Å². The first kappa shape index (κ1) is 20.8. The molecule has 8 nitrogen and oxygen atoms in total. The van der Waals surface area contributed by atoms with Crippen LogP contribution in [0.3, 0.4) is 0 Å². The van der Waals surface area contributed by atoms with E-state index < -0.39 is 6.04 Å². The van der Waals surface area contributed by atoms with E-state index in [2.05, 4.69) is 31.2 Å². The number of benzene rings is 1. The van der Waals surface area contributed by atoms with Crippen LogP contribution in [0.15, 0.2) is 55.5 Å². The molecule has 1 amide bonds. The van der Waals surface area contributed by atoms with Gasteiger partial charge >= 0.3 is 0 Å². The zero-order valence-corrected chi connectivity index (χ0v) is 16.8. The molecule has 2 aromatic heterocycles. The van der Waals surface area contributed by atoms with Crippen molar-refractivity contribution in [3.05, 3.63) is 61.1 Å². The van der Waals surface area contributed by atoms with Crippen LogP contribution in [-0.2, 0) is 17.9 Å². The molecule has 0 aliphatic rings. The molecule has 0 aliphatic heterocycles. The van der Waals surface area contributed by atoms with E-state index in [0.29, 0.717) is 12.2 Å². The third-order valence-electron chi connectivity index (χ3n) is 4.68. The average Bonchev–Trinajstić information content (AvgIpc) is 3.40. The molecule has 29 heavy (non-hydrogen) atoms. The van der Waals surface area contributed by atoms with Gasteiger partial charge in [-0.05, 0) is 31.0 Å². The first-order valence-electron chi connectivity index (χ1n) is 10.0. The molecule has 4 N–H and O–H groups in total. The highest BCUT2D eigenvalue weighted by atomic mass is 16.2. The van der Waals surface area contributed by atoms with E-state index in [4.69, 9.17) is 5.73 Å². The lowest BCUT2D eigenvalue weighted by atomic mass is 10.1. The van der Waals surface area contributed by atoms with Crippen molar-refractivity contribution >= 4 is 11.7 Å². The SMILES string of the molecule is CCC[C@H](N)C(=O)Nc1cn(-c2ccccc2CNCCCn2ccnc2)cn1. The summed E-state index contributed by atoms with van der Waals surface area (Å²) in [6.07, 6.45) is 11.7. The van der Waals surface area contributed by atoms with E-state index >= 15 is 0 Å². The summed E-state index contributed by atoms with van der Waals surface area (Å²) in [7, 11) is 0. The lowest BCUT2D eigenvalue weighted by Gasteiger charge is -2.11. The van der Waals surface area contributed by atoms with E-state index in [9.17, 15) is 4.79 Å². The van der Waals surface area contributed by atoms with Crippen molar-refractivity contribution in [2.24, 2.45) is 5.73 Å². The maximum Gasteiger partial charge on any atom is 0.242 e. The molecule has 154 valence electrons. The topological polar surface area (TPSA) is 103 Å². The summed E-state index contributed by atoms with van der Waals surface area (Å²) in [6.45, 7) is 4.61. The van der Waals surface area contributed by atoms with Crippen LogP contribution in [0.2, 0.25) is 0 Å². The molecular formula is C21H29N7O. The maximum absolute atomic E-state index is 12.1. The van der Waals surface area contributed by atoms with Crippen molar-refractivity contribution < 1.29 is 4.79 Å². The highest BCUT2D eigenvalue weighted by Gasteiger charge is 2.14. The van der Waals surface area contributed by atoms with Crippen molar-refractivity contribution in [1.82, 2.24) is 24.4 Å². The quantitative estimate of drug-likeness (QED) is 0.432. The van der Waals surface area contributed by atoms with Crippen molar-refractivity contribution in [2.45, 2.75) is 45.3 Å². The molecule has 0 fully saturated rings. The van der Waals surface area contributed by atoms with Crippen molar-refractivity contribution in [3.63, 3.8) is 0 Å². The number of rotatable bonds is 11. The number of anilines is 1. The fourth-order valence-corrected chi connectivity index (χ4v) is 3.12. The van der Waals surface area contributed by atoms with Crippen LogP contribution in [0, 0.1) is 0 Å². The second-order valence-corrected chi connectivity index (χ2v) is 7.01. The van der Waals surface area contributed by atoms with Gasteiger partial charge in [-0.15, -0.1) is 0 Å². The number of hydrogen-bond donors (Lipinski definition) is 3. The Hall–Kier alpha value is -2.97. The average molecular weight is 396 g/mol. The number of imidazole rings is 2. The molecule has 0 spiro atoms. The molecule has 0 radical (unpaired) electrons. The smallest absolute Gasteiger partial charge is 0.242 e. The summed E-state index contributed by atoms with van der Waals surface area (Å²) >= 11 is 0. The molecule has 0 saturated heterocycles. The Balaban J connectivity index is 1.55. The molecule has 0 unspecified atom stereocenters. The van der Waals surface area contributed by atoms with Crippen LogP contribution >= 0.6 is 0 Å². The molecule has 1 atom stereocenters. The third kappa shape index (κ3) is 6.00. The fraction of sp³-hybridized carbons (Fsp3) is 0.381. The van der Waals surface area contributed by atoms with Crippen molar-refractivity contribution in [3.8, 4) is 5.69 Å². The standard InChI is InChI=1S/C21H29N7O/c1-2-6-18(22)21(29)26-20-14-28(16-25-20)19-8-4-3-7-17(19)13-23-9-5-11-27-12-10-24-15-27/h3-4,7-8,10,12,14-16,18,23H,2,5-6,9,11,13,22H2,1H3,(H,26,29)/t18-/m0/s1. The summed E-state index contributed by atoms with van der Waals surface area (Å²) < 4.78 is 3.99. The van der Waals surface area contributed by atoms with Crippen LogP contribution in [0.25, 0.3) is 5.69 Å². The predicted molar refractivity (Wildman–Crippen MR) is 114 cm³/mol. The van der Waals surface area contributed by atoms with Gasteiger partial charge in [0.25, 0.3) is 0 Å². The van der Waals surface area contributed by atoms with Crippen LogP contribution in [-0.4, -0.2) is 37.6 Å². The van der Waals surface area contributed by atoms with E-state index in [1.54, 1.807) is 12.5 Å². The summed E-state index contributed by atoms with van der Waals surface area (Å²) in [4.78, 5) is 20.5.